The summed E-state index contributed by atoms with van der Waals surface area (Å²) in [5.41, 5.74) is 1.20. The van der Waals surface area contributed by atoms with E-state index in [-0.39, 0.29) is 0 Å². The lowest BCUT2D eigenvalue weighted by Gasteiger charge is -2.07. The number of aromatic nitrogens is 1. The number of rotatable bonds is 12. The lowest BCUT2D eigenvalue weighted by molar-refractivity contribution is 0.116. The summed E-state index contributed by atoms with van der Waals surface area (Å²) in [6, 6.07) is 4.11. The molecule has 0 amide bonds. The summed E-state index contributed by atoms with van der Waals surface area (Å²) < 4.78 is 5.73. The van der Waals surface area contributed by atoms with E-state index in [1.807, 2.05) is 12.3 Å². The van der Waals surface area contributed by atoms with E-state index in [0.29, 0.717) is 6.61 Å². The van der Waals surface area contributed by atoms with Gasteiger partial charge in [-0.3, -0.25) is 0 Å². The molecule has 0 atom stereocenters. The maximum atomic E-state index is 5.73. The van der Waals surface area contributed by atoms with E-state index in [1.165, 1.54) is 44.1 Å². The summed E-state index contributed by atoms with van der Waals surface area (Å²) >= 11 is 0. The van der Waals surface area contributed by atoms with Gasteiger partial charge in [0.1, 0.15) is 5.82 Å². The van der Waals surface area contributed by atoms with Crippen LogP contribution in [0.4, 0.5) is 5.82 Å². The van der Waals surface area contributed by atoms with E-state index >= 15 is 0 Å². The maximum Gasteiger partial charge on any atom is 0.126 e. The number of anilines is 1. The Kier molecular flexibility index (Phi) is 9.93. The van der Waals surface area contributed by atoms with Gasteiger partial charge in [-0.15, -0.1) is 0 Å². The molecule has 0 unspecified atom stereocenters. The van der Waals surface area contributed by atoms with Crippen LogP contribution in [0.5, 0.6) is 0 Å². The van der Waals surface area contributed by atoms with Crippen molar-refractivity contribution in [2.45, 2.75) is 65.4 Å². The van der Waals surface area contributed by atoms with Crippen LogP contribution in [0.25, 0.3) is 0 Å². The minimum atomic E-state index is 0.693. The molecule has 3 nitrogen and oxygen atoms in total. The molecule has 1 aromatic heterocycles. The molecular formula is C17H30N2O. The van der Waals surface area contributed by atoms with Gasteiger partial charge in [-0.25, -0.2) is 4.98 Å². The number of pyridine rings is 1. The zero-order valence-corrected chi connectivity index (χ0v) is 13.2. The van der Waals surface area contributed by atoms with Crippen molar-refractivity contribution in [1.82, 2.24) is 4.98 Å². The van der Waals surface area contributed by atoms with Crippen LogP contribution in [0.15, 0.2) is 18.3 Å². The van der Waals surface area contributed by atoms with Gasteiger partial charge in [0.05, 0.1) is 6.61 Å². The second kappa shape index (κ2) is 11.7. The fourth-order valence-corrected chi connectivity index (χ4v) is 2.09. The van der Waals surface area contributed by atoms with E-state index in [1.54, 1.807) is 0 Å². The second-order valence-electron chi connectivity index (χ2n) is 5.30. The van der Waals surface area contributed by atoms with Crippen molar-refractivity contribution < 1.29 is 4.74 Å². The minimum absolute atomic E-state index is 0.693. The number of hydrogen-bond acceptors (Lipinski definition) is 3. The van der Waals surface area contributed by atoms with Crippen molar-refractivity contribution in [2.75, 3.05) is 18.5 Å². The normalized spacial score (nSPS) is 10.7. The standard InChI is InChI=1S/C17H30N2O/c1-3-5-6-7-8-9-13-20-15-16-10-12-19-17(14-16)18-11-4-2/h10,12,14H,3-9,11,13,15H2,1-2H3,(H,18,19). The van der Waals surface area contributed by atoms with E-state index in [0.717, 1.165) is 25.4 Å². The van der Waals surface area contributed by atoms with E-state index in [9.17, 15) is 0 Å². The third-order valence-corrected chi connectivity index (χ3v) is 3.29. The van der Waals surface area contributed by atoms with E-state index in [4.69, 9.17) is 4.74 Å². The summed E-state index contributed by atoms with van der Waals surface area (Å²) in [7, 11) is 0. The molecule has 0 aliphatic rings. The molecule has 0 radical (unpaired) electrons. The summed E-state index contributed by atoms with van der Waals surface area (Å²) in [5.74, 6) is 0.951. The number of ether oxygens (including phenoxy) is 1. The van der Waals surface area contributed by atoms with Gasteiger partial charge in [-0.1, -0.05) is 46.0 Å². The topological polar surface area (TPSA) is 34.1 Å². The van der Waals surface area contributed by atoms with Crippen LogP contribution in [-0.2, 0) is 11.3 Å². The predicted molar refractivity (Wildman–Crippen MR) is 86.0 cm³/mol. The van der Waals surface area contributed by atoms with Gasteiger partial charge < -0.3 is 10.1 Å². The molecule has 0 saturated carbocycles. The summed E-state index contributed by atoms with van der Waals surface area (Å²) in [5, 5.41) is 3.30. The molecule has 1 aromatic rings. The summed E-state index contributed by atoms with van der Waals surface area (Å²) in [4.78, 5) is 4.30. The number of nitrogens with one attached hydrogen (secondary N) is 1. The Morgan fingerprint density at radius 2 is 1.85 bits per heavy atom. The van der Waals surface area contributed by atoms with Gasteiger partial charge in [0, 0.05) is 19.3 Å². The van der Waals surface area contributed by atoms with Crippen LogP contribution in [-0.4, -0.2) is 18.1 Å². The Balaban J connectivity index is 2.09. The maximum absolute atomic E-state index is 5.73. The number of nitrogens with zero attached hydrogens (tertiary/aromatic N) is 1. The Hall–Kier alpha value is -1.09. The third-order valence-electron chi connectivity index (χ3n) is 3.29. The predicted octanol–water partition coefficient (Wildman–Crippen LogP) is 4.78. The van der Waals surface area contributed by atoms with Gasteiger partial charge in [0.15, 0.2) is 0 Å². The first kappa shape index (κ1) is 17.0. The molecule has 0 spiro atoms. The zero-order chi connectivity index (χ0) is 14.5. The van der Waals surface area contributed by atoms with E-state index in [2.05, 4.69) is 30.2 Å². The quantitative estimate of drug-likeness (QED) is 0.559. The van der Waals surface area contributed by atoms with Crippen molar-refractivity contribution >= 4 is 5.82 Å². The molecule has 20 heavy (non-hydrogen) atoms. The highest BCUT2D eigenvalue weighted by Crippen LogP contribution is 2.09. The Labute approximate surface area is 124 Å². The lowest BCUT2D eigenvalue weighted by Crippen LogP contribution is -2.03. The van der Waals surface area contributed by atoms with Crippen LogP contribution < -0.4 is 5.32 Å². The fraction of sp³-hybridized carbons (Fsp3) is 0.706. The van der Waals surface area contributed by atoms with Crippen molar-refractivity contribution in [1.29, 1.82) is 0 Å². The average molecular weight is 278 g/mol. The molecule has 1 N–H and O–H groups in total. The molecule has 0 aliphatic heterocycles. The lowest BCUT2D eigenvalue weighted by atomic mass is 10.1. The average Bonchev–Trinajstić information content (AvgIpc) is 2.48. The Bertz CT molecular complexity index is 342. The van der Waals surface area contributed by atoms with Gasteiger partial charge in [-0.2, -0.15) is 0 Å². The molecule has 0 bridgehead atoms. The Morgan fingerprint density at radius 1 is 1.05 bits per heavy atom. The third kappa shape index (κ3) is 8.16. The minimum Gasteiger partial charge on any atom is -0.377 e. The van der Waals surface area contributed by atoms with Crippen LogP contribution >= 0.6 is 0 Å². The molecule has 0 aromatic carbocycles. The van der Waals surface area contributed by atoms with Crippen LogP contribution in [0, 0.1) is 0 Å². The fourth-order valence-electron chi connectivity index (χ4n) is 2.09. The highest BCUT2D eigenvalue weighted by Gasteiger charge is 1.97. The van der Waals surface area contributed by atoms with Gasteiger partial charge in [0.2, 0.25) is 0 Å². The number of hydrogen-bond donors (Lipinski definition) is 1. The second-order valence-corrected chi connectivity index (χ2v) is 5.30. The van der Waals surface area contributed by atoms with Crippen molar-refractivity contribution in [3.05, 3.63) is 23.9 Å². The Morgan fingerprint density at radius 3 is 2.65 bits per heavy atom. The molecule has 3 heteroatoms. The molecule has 0 saturated heterocycles. The molecule has 0 aliphatic carbocycles. The van der Waals surface area contributed by atoms with Crippen molar-refractivity contribution in [3.63, 3.8) is 0 Å². The first-order valence-electron chi connectivity index (χ1n) is 8.13. The molecule has 0 fully saturated rings. The van der Waals surface area contributed by atoms with Gasteiger partial charge in [-0.05, 0) is 30.5 Å². The first-order chi connectivity index (χ1) is 9.86. The van der Waals surface area contributed by atoms with Crippen LogP contribution in [0.3, 0.4) is 0 Å². The monoisotopic (exact) mass is 278 g/mol. The van der Waals surface area contributed by atoms with Gasteiger partial charge in [0.25, 0.3) is 0 Å². The summed E-state index contributed by atoms with van der Waals surface area (Å²) in [6.45, 7) is 6.93. The molecule has 114 valence electrons. The summed E-state index contributed by atoms with van der Waals surface area (Å²) in [6.07, 6.45) is 10.8. The van der Waals surface area contributed by atoms with Crippen LogP contribution in [0.1, 0.15) is 64.4 Å². The van der Waals surface area contributed by atoms with Crippen molar-refractivity contribution in [3.8, 4) is 0 Å². The highest BCUT2D eigenvalue weighted by atomic mass is 16.5. The molecular weight excluding hydrogens is 248 g/mol. The smallest absolute Gasteiger partial charge is 0.126 e. The van der Waals surface area contributed by atoms with Crippen molar-refractivity contribution in [2.24, 2.45) is 0 Å². The first-order valence-corrected chi connectivity index (χ1v) is 8.13. The largest absolute Gasteiger partial charge is 0.377 e. The molecule has 1 heterocycles. The SMILES string of the molecule is CCCCCCCCOCc1ccnc(NCCC)c1. The zero-order valence-electron chi connectivity index (χ0n) is 13.2. The van der Waals surface area contributed by atoms with E-state index < -0.39 is 0 Å². The highest BCUT2D eigenvalue weighted by molar-refractivity contribution is 5.37. The molecule has 1 rings (SSSR count). The van der Waals surface area contributed by atoms with Gasteiger partial charge >= 0.3 is 0 Å². The number of unbranched alkanes of at least 4 members (excludes halogenated alkanes) is 5. The van der Waals surface area contributed by atoms with Crippen LogP contribution in [0.2, 0.25) is 0 Å².